The Morgan fingerprint density at radius 3 is 2.83 bits per heavy atom. The van der Waals surface area contributed by atoms with Crippen LogP contribution in [0.25, 0.3) is 0 Å². The van der Waals surface area contributed by atoms with Gasteiger partial charge in [0.2, 0.25) is 0 Å². The van der Waals surface area contributed by atoms with Gasteiger partial charge in [0.15, 0.2) is 0 Å². The second-order valence-corrected chi connectivity index (χ2v) is 2.98. The van der Waals surface area contributed by atoms with Crippen LogP contribution in [0.3, 0.4) is 0 Å². The van der Waals surface area contributed by atoms with E-state index in [0.29, 0.717) is 6.04 Å². The molecule has 0 fully saturated rings. The van der Waals surface area contributed by atoms with Gasteiger partial charge >= 0.3 is 0 Å². The van der Waals surface area contributed by atoms with Crippen molar-refractivity contribution in [2.75, 3.05) is 0 Å². The van der Waals surface area contributed by atoms with Crippen molar-refractivity contribution in [3.05, 3.63) is 42.4 Å². The zero-order valence-corrected chi connectivity index (χ0v) is 6.90. The standard InChI is InChI=1S/C10H12N2/c1-2-6-12-10(3-1)9-4-7-11-8-5-9/h2,4-8,10,12H,1,3H2. The van der Waals surface area contributed by atoms with E-state index in [9.17, 15) is 0 Å². The van der Waals surface area contributed by atoms with Gasteiger partial charge in [-0.3, -0.25) is 4.98 Å². The SMILES string of the molecule is C1=CNC(c2ccncc2)CC1. The molecule has 0 bridgehead atoms. The first-order chi connectivity index (χ1) is 5.97. The van der Waals surface area contributed by atoms with Crippen molar-refractivity contribution < 1.29 is 0 Å². The van der Waals surface area contributed by atoms with Crippen molar-refractivity contribution >= 4 is 0 Å². The van der Waals surface area contributed by atoms with Gasteiger partial charge < -0.3 is 5.32 Å². The lowest BCUT2D eigenvalue weighted by molar-refractivity contribution is 0.552. The topological polar surface area (TPSA) is 24.9 Å². The maximum absolute atomic E-state index is 3.99. The summed E-state index contributed by atoms with van der Waals surface area (Å²) in [5, 5.41) is 3.33. The van der Waals surface area contributed by atoms with E-state index >= 15 is 0 Å². The smallest absolute Gasteiger partial charge is 0.0512 e. The van der Waals surface area contributed by atoms with E-state index < -0.39 is 0 Å². The van der Waals surface area contributed by atoms with E-state index in [1.54, 1.807) is 0 Å². The first-order valence-corrected chi connectivity index (χ1v) is 4.28. The second kappa shape index (κ2) is 3.39. The molecule has 1 aromatic rings. The quantitative estimate of drug-likeness (QED) is 0.679. The molecule has 1 aliphatic heterocycles. The van der Waals surface area contributed by atoms with Crippen molar-refractivity contribution in [2.24, 2.45) is 0 Å². The number of rotatable bonds is 1. The summed E-state index contributed by atoms with van der Waals surface area (Å²) in [6.07, 6.45) is 10.2. The Labute approximate surface area is 72.3 Å². The molecule has 0 aromatic carbocycles. The summed E-state index contributed by atoms with van der Waals surface area (Å²) >= 11 is 0. The third kappa shape index (κ3) is 1.47. The van der Waals surface area contributed by atoms with Crippen LogP contribution in [-0.2, 0) is 0 Å². The summed E-state index contributed by atoms with van der Waals surface area (Å²) in [6.45, 7) is 0. The molecule has 0 aliphatic carbocycles. The Morgan fingerprint density at radius 2 is 2.17 bits per heavy atom. The maximum atomic E-state index is 3.99. The van der Waals surface area contributed by atoms with Crippen LogP contribution in [0.5, 0.6) is 0 Å². The molecule has 0 radical (unpaired) electrons. The van der Waals surface area contributed by atoms with Crippen molar-refractivity contribution in [3.63, 3.8) is 0 Å². The molecule has 1 N–H and O–H groups in total. The molecule has 62 valence electrons. The molecule has 2 rings (SSSR count). The molecular formula is C10H12N2. The second-order valence-electron chi connectivity index (χ2n) is 2.98. The van der Waals surface area contributed by atoms with E-state index in [-0.39, 0.29) is 0 Å². The van der Waals surface area contributed by atoms with Crippen LogP contribution in [0.4, 0.5) is 0 Å². The highest BCUT2D eigenvalue weighted by atomic mass is 14.9. The van der Waals surface area contributed by atoms with Crippen LogP contribution in [-0.4, -0.2) is 4.98 Å². The first-order valence-electron chi connectivity index (χ1n) is 4.28. The van der Waals surface area contributed by atoms with Gasteiger partial charge in [0.25, 0.3) is 0 Å². The largest absolute Gasteiger partial charge is 0.384 e. The number of aromatic nitrogens is 1. The highest BCUT2D eigenvalue weighted by molar-refractivity contribution is 5.16. The van der Waals surface area contributed by atoms with Crippen molar-refractivity contribution in [3.8, 4) is 0 Å². The lowest BCUT2D eigenvalue weighted by Gasteiger charge is -2.19. The fraction of sp³-hybridized carbons (Fsp3) is 0.300. The van der Waals surface area contributed by atoms with Crippen molar-refractivity contribution in [2.45, 2.75) is 18.9 Å². The number of allylic oxidation sites excluding steroid dienone is 1. The predicted molar refractivity (Wildman–Crippen MR) is 48.5 cm³/mol. The molecule has 1 aliphatic rings. The number of hydrogen-bond donors (Lipinski definition) is 1. The molecule has 12 heavy (non-hydrogen) atoms. The molecule has 0 spiro atoms. The van der Waals surface area contributed by atoms with E-state index in [2.05, 4.69) is 28.5 Å². The summed E-state index contributed by atoms with van der Waals surface area (Å²) < 4.78 is 0. The molecule has 2 heteroatoms. The summed E-state index contributed by atoms with van der Waals surface area (Å²) in [6, 6.07) is 4.62. The molecule has 0 amide bonds. The third-order valence-electron chi connectivity index (χ3n) is 2.15. The third-order valence-corrected chi connectivity index (χ3v) is 2.15. The zero-order chi connectivity index (χ0) is 8.23. The van der Waals surface area contributed by atoms with E-state index in [1.165, 1.54) is 18.4 Å². The van der Waals surface area contributed by atoms with E-state index in [4.69, 9.17) is 0 Å². The summed E-state index contributed by atoms with van der Waals surface area (Å²) in [5.74, 6) is 0. The number of hydrogen-bond acceptors (Lipinski definition) is 2. The Morgan fingerprint density at radius 1 is 1.33 bits per heavy atom. The molecule has 1 aromatic heterocycles. The summed E-state index contributed by atoms with van der Waals surface area (Å²) in [7, 11) is 0. The molecule has 1 unspecified atom stereocenters. The zero-order valence-electron chi connectivity index (χ0n) is 6.90. The fourth-order valence-electron chi connectivity index (χ4n) is 1.47. The minimum Gasteiger partial charge on any atom is -0.384 e. The van der Waals surface area contributed by atoms with Gasteiger partial charge in [-0.1, -0.05) is 6.08 Å². The Balaban J connectivity index is 2.15. The number of pyridine rings is 1. The van der Waals surface area contributed by atoms with Gasteiger partial charge in [-0.15, -0.1) is 0 Å². The van der Waals surface area contributed by atoms with Crippen molar-refractivity contribution in [1.29, 1.82) is 0 Å². The van der Waals surface area contributed by atoms with Gasteiger partial charge in [-0.05, 0) is 36.7 Å². The van der Waals surface area contributed by atoms with Crippen LogP contribution in [0, 0.1) is 0 Å². The number of nitrogens with one attached hydrogen (secondary N) is 1. The van der Waals surface area contributed by atoms with E-state index in [0.717, 1.165) is 0 Å². The normalized spacial score (nSPS) is 21.8. The van der Waals surface area contributed by atoms with Gasteiger partial charge in [-0.25, -0.2) is 0 Å². The van der Waals surface area contributed by atoms with E-state index in [1.807, 2.05) is 18.6 Å². The van der Waals surface area contributed by atoms with Crippen molar-refractivity contribution in [1.82, 2.24) is 10.3 Å². The van der Waals surface area contributed by atoms with Gasteiger partial charge in [0.1, 0.15) is 0 Å². The lowest BCUT2D eigenvalue weighted by Crippen LogP contribution is -2.17. The average Bonchev–Trinajstić information content (AvgIpc) is 2.21. The first kappa shape index (κ1) is 7.35. The summed E-state index contributed by atoms with van der Waals surface area (Å²) in [5.41, 5.74) is 1.33. The van der Waals surface area contributed by atoms with Crippen LogP contribution in [0.1, 0.15) is 24.4 Å². The minimum atomic E-state index is 0.484. The lowest BCUT2D eigenvalue weighted by atomic mass is 10.0. The highest BCUT2D eigenvalue weighted by Crippen LogP contribution is 2.20. The predicted octanol–water partition coefficient (Wildman–Crippen LogP) is 2.02. The fourth-order valence-corrected chi connectivity index (χ4v) is 1.47. The Kier molecular flexibility index (Phi) is 2.08. The molecule has 0 saturated carbocycles. The molecule has 2 heterocycles. The maximum Gasteiger partial charge on any atom is 0.0512 e. The monoisotopic (exact) mass is 160 g/mol. The Hall–Kier alpha value is -1.31. The van der Waals surface area contributed by atoms with Gasteiger partial charge in [-0.2, -0.15) is 0 Å². The molecule has 0 saturated heterocycles. The summed E-state index contributed by atoms with van der Waals surface area (Å²) in [4.78, 5) is 3.99. The van der Waals surface area contributed by atoms with Gasteiger partial charge in [0, 0.05) is 12.4 Å². The average molecular weight is 160 g/mol. The molecular weight excluding hydrogens is 148 g/mol. The number of nitrogens with zero attached hydrogens (tertiary/aromatic N) is 1. The van der Waals surface area contributed by atoms with Gasteiger partial charge in [0.05, 0.1) is 6.04 Å². The van der Waals surface area contributed by atoms with Crippen LogP contribution < -0.4 is 5.32 Å². The van der Waals surface area contributed by atoms with Crippen LogP contribution >= 0.6 is 0 Å². The van der Waals surface area contributed by atoms with Crippen LogP contribution in [0.2, 0.25) is 0 Å². The molecule has 2 nitrogen and oxygen atoms in total. The minimum absolute atomic E-state index is 0.484. The molecule has 1 atom stereocenters. The Bertz CT molecular complexity index is 266. The van der Waals surface area contributed by atoms with Crippen LogP contribution in [0.15, 0.2) is 36.8 Å². The highest BCUT2D eigenvalue weighted by Gasteiger charge is 2.09.